The van der Waals surface area contributed by atoms with Gasteiger partial charge in [0.1, 0.15) is 11.6 Å². The molecule has 1 heterocycles. The van der Waals surface area contributed by atoms with Crippen LogP contribution in [0.4, 0.5) is 14.5 Å². The van der Waals surface area contributed by atoms with Crippen LogP contribution in [0.2, 0.25) is 0 Å². The molecule has 0 bridgehead atoms. The third kappa shape index (κ3) is 3.09. The first-order valence-electron chi connectivity index (χ1n) is 5.91. The molecule has 2 rings (SSSR count). The third-order valence-corrected chi connectivity index (χ3v) is 2.75. The van der Waals surface area contributed by atoms with E-state index in [-0.39, 0.29) is 17.8 Å². The van der Waals surface area contributed by atoms with E-state index in [4.69, 9.17) is 5.73 Å². The quantitative estimate of drug-likeness (QED) is 0.901. The van der Waals surface area contributed by atoms with Gasteiger partial charge in [0, 0.05) is 12.3 Å². The van der Waals surface area contributed by atoms with E-state index in [1.54, 1.807) is 12.3 Å². The van der Waals surface area contributed by atoms with E-state index in [9.17, 15) is 13.6 Å². The predicted molar refractivity (Wildman–Crippen MR) is 71.2 cm³/mol. The van der Waals surface area contributed by atoms with Crippen molar-refractivity contribution in [1.29, 1.82) is 0 Å². The standard InChI is InChI=1S/C14H13F2N3O/c1-8-2-3-9(18-6-8)7-19-13-4-10(14(17)20)11(15)5-12(13)16/h2-6,19H,7H2,1H3,(H2,17,20). The van der Waals surface area contributed by atoms with Gasteiger partial charge in [0.2, 0.25) is 0 Å². The number of nitrogens with zero attached hydrogens (tertiary/aromatic N) is 1. The average molecular weight is 277 g/mol. The fourth-order valence-electron chi connectivity index (χ4n) is 1.66. The maximum absolute atomic E-state index is 13.6. The van der Waals surface area contributed by atoms with Gasteiger partial charge in [-0.3, -0.25) is 9.78 Å². The van der Waals surface area contributed by atoms with Crippen molar-refractivity contribution in [2.75, 3.05) is 5.32 Å². The van der Waals surface area contributed by atoms with Crippen LogP contribution in [0.3, 0.4) is 0 Å². The van der Waals surface area contributed by atoms with E-state index in [0.717, 1.165) is 11.6 Å². The number of hydrogen-bond donors (Lipinski definition) is 2. The Morgan fingerprint density at radius 3 is 2.65 bits per heavy atom. The molecule has 20 heavy (non-hydrogen) atoms. The molecule has 104 valence electrons. The van der Waals surface area contributed by atoms with Crippen molar-refractivity contribution in [3.05, 3.63) is 58.9 Å². The highest BCUT2D eigenvalue weighted by atomic mass is 19.1. The number of primary amides is 1. The molecule has 0 atom stereocenters. The summed E-state index contributed by atoms with van der Waals surface area (Å²) in [6.07, 6.45) is 1.69. The number of halogens is 2. The van der Waals surface area contributed by atoms with Crippen molar-refractivity contribution in [2.45, 2.75) is 13.5 Å². The predicted octanol–water partition coefficient (Wildman–Crippen LogP) is 2.38. The normalized spacial score (nSPS) is 10.3. The first kappa shape index (κ1) is 13.9. The number of carbonyl (C=O) groups is 1. The summed E-state index contributed by atoms with van der Waals surface area (Å²) in [5.41, 5.74) is 6.37. The molecule has 1 amide bonds. The number of nitrogens with two attached hydrogens (primary N) is 1. The molecule has 3 N–H and O–H groups in total. The minimum atomic E-state index is -0.978. The van der Waals surface area contributed by atoms with E-state index >= 15 is 0 Å². The van der Waals surface area contributed by atoms with E-state index in [2.05, 4.69) is 10.3 Å². The van der Waals surface area contributed by atoms with Crippen molar-refractivity contribution >= 4 is 11.6 Å². The van der Waals surface area contributed by atoms with Crippen LogP contribution in [0.1, 0.15) is 21.6 Å². The van der Waals surface area contributed by atoms with Gasteiger partial charge in [-0.25, -0.2) is 8.78 Å². The van der Waals surface area contributed by atoms with Crippen LogP contribution in [0.15, 0.2) is 30.5 Å². The van der Waals surface area contributed by atoms with Crippen LogP contribution in [0.25, 0.3) is 0 Å². The summed E-state index contributed by atoms with van der Waals surface area (Å²) < 4.78 is 26.9. The van der Waals surface area contributed by atoms with Crippen molar-refractivity contribution < 1.29 is 13.6 Å². The van der Waals surface area contributed by atoms with Crippen LogP contribution < -0.4 is 11.1 Å². The number of benzene rings is 1. The summed E-state index contributed by atoms with van der Waals surface area (Å²) in [7, 11) is 0. The number of carbonyl (C=O) groups excluding carboxylic acids is 1. The monoisotopic (exact) mass is 277 g/mol. The third-order valence-electron chi connectivity index (χ3n) is 2.75. The molecule has 0 fully saturated rings. The number of aryl methyl sites for hydroxylation is 1. The van der Waals surface area contributed by atoms with Gasteiger partial charge in [-0.15, -0.1) is 0 Å². The molecular weight excluding hydrogens is 264 g/mol. The Morgan fingerprint density at radius 2 is 2.05 bits per heavy atom. The van der Waals surface area contributed by atoms with Crippen LogP contribution in [-0.2, 0) is 6.54 Å². The summed E-state index contributed by atoms with van der Waals surface area (Å²) in [5, 5.41) is 2.76. The highest BCUT2D eigenvalue weighted by molar-refractivity contribution is 5.94. The molecule has 0 saturated heterocycles. The van der Waals surface area contributed by atoms with Gasteiger partial charge >= 0.3 is 0 Å². The van der Waals surface area contributed by atoms with Crippen molar-refractivity contribution in [2.24, 2.45) is 5.73 Å². The molecule has 0 spiro atoms. The summed E-state index contributed by atoms with van der Waals surface area (Å²) in [4.78, 5) is 15.2. The van der Waals surface area contributed by atoms with Crippen molar-refractivity contribution in [3.8, 4) is 0 Å². The van der Waals surface area contributed by atoms with Crippen LogP contribution >= 0.6 is 0 Å². The topological polar surface area (TPSA) is 68.0 Å². The van der Waals surface area contributed by atoms with Crippen LogP contribution in [0.5, 0.6) is 0 Å². The summed E-state index contributed by atoms with van der Waals surface area (Å²) in [6, 6.07) is 5.35. The molecule has 1 aromatic carbocycles. The average Bonchev–Trinajstić information content (AvgIpc) is 2.39. The Balaban J connectivity index is 2.18. The lowest BCUT2D eigenvalue weighted by Crippen LogP contribution is -2.14. The first-order valence-corrected chi connectivity index (χ1v) is 5.91. The number of pyridine rings is 1. The van der Waals surface area contributed by atoms with E-state index in [0.29, 0.717) is 11.8 Å². The fraction of sp³-hybridized carbons (Fsp3) is 0.143. The summed E-state index contributed by atoms with van der Waals surface area (Å²) >= 11 is 0. The zero-order valence-electron chi connectivity index (χ0n) is 10.8. The van der Waals surface area contributed by atoms with Crippen molar-refractivity contribution in [1.82, 2.24) is 4.98 Å². The second-order valence-electron chi connectivity index (χ2n) is 4.36. The molecule has 0 aliphatic carbocycles. The Bertz CT molecular complexity index is 642. The Hall–Kier alpha value is -2.50. The second-order valence-corrected chi connectivity index (χ2v) is 4.36. The van der Waals surface area contributed by atoms with Gasteiger partial charge < -0.3 is 11.1 Å². The summed E-state index contributed by atoms with van der Waals surface area (Å²) in [5.74, 6) is -2.72. The minimum Gasteiger partial charge on any atom is -0.377 e. The van der Waals surface area contributed by atoms with E-state index in [1.165, 1.54) is 0 Å². The zero-order valence-corrected chi connectivity index (χ0v) is 10.8. The van der Waals surface area contributed by atoms with Crippen LogP contribution in [-0.4, -0.2) is 10.9 Å². The maximum Gasteiger partial charge on any atom is 0.251 e. The largest absolute Gasteiger partial charge is 0.377 e. The summed E-state index contributed by atoms with van der Waals surface area (Å²) in [6.45, 7) is 2.16. The number of hydrogen-bond acceptors (Lipinski definition) is 3. The fourth-order valence-corrected chi connectivity index (χ4v) is 1.66. The molecule has 0 radical (unpaired) electrons. The molecule has 2 aromatic rings. The smallest absolute Gasteiger partial charge is 0.251 e. The lowest BCUT2D eigenvalue weighted by molar-refractivity contribution is 0.0996. The molecule has 0 saturated carbocycles. The lowest BCUT2D eigenvalue weighted by Gasteiger charge is -2.09. The van der Waals surface area contributed by atoms with E-state index < -0.39 is 17.5 Å². The maximum atomic E-state index is 13.6. The molecule has 6 heteroatoms. The molecule has 4 nitrogen and oxygen atoms in total. The van der Waals surface area contributed by atoms with Crippen molar-refractivity contribution in [3.63, 3.8) is 0 Å². The number of rotatable bonds is 4. The molecule has 1 aromatic heterocycles. The lowest BCUT2D eigenvalue weighted by atomic mass is 10.1. The Kier molecular flexibility index (Phi) is 3.93. The number of aromatic nitrogens is 1. The minimum absolute atomic E-state index is 0.00238. The number of nitrogens with one attached hydrogen (secondary N) is 1. The highest BCUT2D eigenvalue weighted by Gasteiger charge is 2.13. The van der Waals surface area contributed by atoms with Gasteiger partial charge in [0.25, 0.3) is 5.91 Å². The Labute approximate surface area is 114 Å². The van der Waals surface area contributed by atoms with Gasteiger partial charge in [0.05, 0.1) is 23.5 Å². The first-order chi connectivity index (χ1) is 9.47. The van der Waals surface area contributed by atoms with Gasteiger partial charge in [-0.2, -0.15) is 0 Å². The van der Waals surface area contributed by atoms with Gasteiger partial charge in [-0.05, 0) is 24.6 Å². The molecule has 0 unspecified atom stereocenters. The van der Waals surface area contributed by atoms with Gasteiger partial charge in [0.15, 0.2) is 0 Å². The van der Waals surface area contributed by atoms with Crippen LogP contribution in [0, 0.1) is 18.6 Å². The number of anilines is 1. The zero-order chi connectivity index (χ0) is 14.7. The van der Waals surface area contributed by atoms with E-state index in [1.807, 2.05) is 13.0 Å². The SMILES string of the molecule is Cc1ccc(CNc2cc(C(N)=O)c(F)cc2F)nc1. The van der Waals surface area contributed by atoms with Gasteiger partial charge in [-0.1, -0.05) is 6.07 Å². The highest BCUT2D eigenvalue weighted by Crippen LogP contribution is 2.20. The Morgan fingerprint density at radius 1 is 1.30 bits per heavy atom. The molecular formula is C14H13F2N3O. The number of amides is 1. The molecule has 0 aliphatic rings. The second kappa shape index (κ2) is 5.64. The molecule has 0 aliphatic heterocycles.